The van der Waals surface area contributed by atoms with Gasteiger partial charge in [-0.1, -0.05) is 28.9 Å². The molecule has 0 fully saturated rings. The monoisotopic (exact) mass is 310 g/mol. The molecule has 0 aliphatic carbocycles. The van der Waals surface area contributed by atoms with Gasteiger partial charge in [0.1, 0.15) is 6.10 Å². The Kier molecular flexibility index (Phi) is 5.62. The first-order valence-corrected chi connectivity index (χ1v) is 7.74. The zero-order valence-electron chi connectivity index (χ0n) is 12.8. The zero-order valence-corrected chi connectivity index (χ0v) is 13.5. The summed E-state index contributed by atoms with van der Waals surface area (Å²) in [6.07, 6.45) is 0.479. The van der Waals surface area contributed by atoms with Crippen molar-refractivity contribution in [1.29, 1.82) is 0 Å². The van der Waals surface area contributed by atoms with Gasteiger partial charge in [0.25, 0.3) is 0 Å². The van der Waals surface area contributed by atoms with E-state index in [2.05, 4.69) is 23.9 Å². The van der Waals surface area contributed by atoms with E-state index in [9.17, 15) is 5.11 Å². The molecule has 1 aromatic carbocycles. The number of hydrogen-bond donors (Lipinski definition) is 1. The third-order valence-electron chi connectivity index (χ3n) is 3.58. The topological polar surface area (TPSA) is 45.1 Å². The Morgan fingerprint density at radius 3 is 2.57 bits per heavy atom. The number of aliphatic hydroxyl groups is 1. The molecule has 0 amide bonds. The molecule has 2 rings (SSSR count). The molecular weight excluding hydrogens is 288 g/mol. The van der Waals surface area contributed by atoms with Gasteiger partial charge in [-0.2, -0.15) is 0 Å². The van der Waals surface area contributed by atoms with Gasteiger partial charge in [0, 0.05) is 30.6 Å². The van der Waals surface area contributed by atoms with Gasteiger partial charge in [-0.25, -0.2) is 0 Å². The van der Waals surface area contributed by atoms with E-state index in [0.29, 0.717) is 12.6 Å². The lowest BCUT2D eigenvalue weighted by Gasteiger charge is -2.29. The van der Waals surface area contributed by atoms with Gasteiger partial charge in [0.2, 0.25) is 0 Å². The second-order valence-corrected chi connectivity index (χ2v) is 6.31. The SMILES string of the molecule is CC(O)CN(CC1CC(c2ccc(Cl)cc2)=NO1)C(C)C. The van der Waals surface area contributed by atoms with Crippen molar-refractivity contribution < 1.29 is 9.94 Å². The summed E-state index contributed by atoms with van der Waals surface area (Å²) in [5.74, 6) is 0. The predicted molar refractivity (Wildman–Crippen MR) is 85.9 cm³/mol. The fourth-order valence-corrected chi connectivity index (χ4v) is 2.56. The van der Waals surface area contributed by atoms with Crippen molar-refractivity contribution in [3.8, 4) is 0 Å². The van der Waals surface area contributed by atoms with Crippen LogP contribution in [0.3, 0.4) is 0 Å². The van der Waals surface area contributed by atoms with Crippen molar-refractivity contribution >= 4 is 17.3 Å². The molecule has 1 aliphatic rings. The highest BCUT2D eigenvalue weighted by Crippen LogP contribution is 2.20. The Hall–Kier alpha value is -1.10. The molecule has 0 saturated carbocycles. The average Bonchev–Trinajstić information content (AvgIpc) is 2.87. The standard InChI is InChI=1S/C16H23ClN2O2/c1-11(2)19(9-12(3)20)10-15-8-16(18-21-15)13-4-6-14(17)7-5-13/h4-7,11-12,15,20H,8-10H2,1-3H3. The number of benzene rings is 1. The van der Waals surface area contributed by atoms with Crippen molar-refractivity contribution in [3.63, 3.8) is 0 Å². The molecule has 1 aliphatic heterocycles. The maximum absolute atomic E-state index is 9.58. The quantitative estimate of drug-likeness (QED) is 0.878. The number of nitrogens with zero attached hydrogens (tertiary/aromatic N) is 2. The summed E-state index contributed by atoms with van der Waals surface area (Å²) in [5, 5.41) is 14.5. The van der Waals surface area contributed by atoms with E-state index in [1.165, 1.54) is 0 Å². The number of aliphatic hydroxyl groups excluding tert-OH is 1. The van der Waals surface area contributed by atoms with E-state index in [-0.39, 0.29) is 12.2 Å². The van der Waals surface area contributed by atoms with Crippen LogP contribution in [0.2, 0.25) is 5.02 Å². The maximum atomic E-state index is 9.58. The lowest BCUT2D eigenvalue weighted by atomic mass is 10.0. The average molecular weight is 311 g/mol. The molecule has 0 radical (unpaired) electrons. The summed E-state index contributed by atoms with van der Waals surface area (Å²) in [4.78, 5) is 7.76. The lowest BCUT2D eigenvalue weighted by Crippen LogP contribution is -2.41. The third kappa shape index (κ3) is 4.70. The Balaban J connectivity index is 1.92. The maximum Gasteiger partial charge on any atom is 0.145 e. The van der Waals surface area contributed by atoms with Crippen LogP contribution >= 0.6 is 11.6 Å². The predicted octanol–water partition coefficient (Wildman–Crippen LogP) is 2.92. The van der Waals surface area contributed by atoms with Crippen LogP contribution < -0.4 is 0 Å². The van der Waals surface area contributed by atoms with Crippen LogP contribution in [0.25, 0.3) is 0 Å². The van der Waals surface area contributed by atoms with Gasteiger partial charge in [-0.05, 0) is 38.5 Å². The first-order chi connectivity index (χ1) is 9.95. The first kappa shape index (κ1) is 16.3. The minimum absolute atomic E-state index is 0.0387. The van der Waals surface area contributed by atoms with Crippen molar-refractivity contribution in [1.82, 2.24) is 4.90 Å². The molecule has 0 bridgehead atoms. The number of rotatable bonds is 6. The van der Waals surface area contributed by atoms with Crippen LogP contribution in [-0.2, 0) is 4.84 Å². The molecule has 2 unspecified atom stereocenters. The van der Waals surface area contributed by atoms with Gasteiger partial charge >= 0.3 is 0 Å². The zero-order chi connectivity index (χ0) is 15.4. The van der Waals surface area contributed by atoms with Gasteiger partial charge in [0.15, 0.2) is 0 Å². The molecule has 0 aromatic heterocycles. The Morgan fingerprint density at radius 1 is 1.33 bits per heavy atom. The highest BCUT2D eigenvalue weighted by molar-refractivity contribution is 6.30. The van der Waals surface area contributed by atoms with Crippen LogP contribution in [0.5, 0.6) is 0 Å². The molecule has 2 atom stereocenters. The van der Waals surface area contributed by atoms with Gasteiger partial charge in [0.05, 0.1) is 11.8 Å². The van der Waals surface area contributed by atoms with Gasteiger partial charge < -0.3 is 9.94 Å². The number of halogens is 1. The molecule has 1 aromatic rings. The van der Waals surface area contributed by atoms with E-state index in [1.54, 1.807) is 6.92 Å². The molecule has 0 spiro atoms. The summed E-state index contributed by atoms with van der Waals surface area (Å²) in [6.45, 7) is 7.47. The largest absolute Gasteiger partial charge is 0.392 e. The van der Waals surface area contributed by atoms with E-state index in [1.807, 2.05) is 24.3 Å². The molecule has 1 heterocycles. The minimum Gasteiger partial charge on any atom is -0.392 e. The first-order valence-electron chi connectivity index (χ1n) is 7.36. The van der Waals surface area contributed by atoms with E-state index < -0.39 is 0 Å². The Morgan fingerprint density at radius 2 is 2.00 bits per heavy atom. The fraction of sp³-hybridized carbons (Fsp3) is 0.562. The number of oxime groups is 1. The van der Waals surface area contributed by atoms with E-state index >= 15 is 0 Å². The number of hydrogen-bond acceptors (Lipinski definition) is 4. The Bertz CT molecular complexity index is 486. The van der Waals surface area contributed by atoms with Crippen LogP contribution in [0.4, 0.5) is 0 Å². The highest BCUT2D eigenvalue weighted by atomic mass is 35.5. The molecule has 21 heavy (non-hydrogen) atoms. The van der Waals surface area contributed by atoms with Crippen LogP contribution in [0.1, 0.15) is 32.8 Å². The van der Waals surface area contributed by atoms with Crippen molar-refractivity contribution in [3.05, 3.63) is 34.9 Å². The van der Waals surface area contributed by atoms with E-state index in [0.717, 1.165) is 29.3 Å². The normalized spacial score (nSPS) is 19.8. The molecule has 0 saturated heterocycles. The second kappa shape index (κ2) is 7.25. The van der Waals surface area contributed by atoms with Crippen LogP contribution in [-0.4, -0.2) is 47.1 Å². The van der Waals surface area contributed by atoms with Gasteiger partial charge in [-0.3, -0.25) is 4.90 Å². The molecule has 5 heteroatoms. The molecule has 4 nitrogen and oxygen atoms in total. The summed E-state index contributed by atoms with van der Waals surface area (Å²) >= 11 is 5.90. The molecule has 1 N–H and O–H groups in total. The van der Waals surface area contributed by atoms with Crippen molar-refractivity contribution in [2.24, 2.45) is 5.16 Å². The fourth-order valence-electron chi connectivity index (χ4n) is 2.44. The summed E-state index contributed by atoms with van der Waals surface area (Å²) < 4.78 is 0. The summed E-state index contributed by atoms with van der Waals surface area (Å²) in [5.41, 5.74) is 2.01. The van der Waals surface area contributed by atoms with E-state index in [4.69, 9.17) is 16.4 Å². The van der Waals surface area contributed by atoms with Gasteiger partial charge in [-0.15, -0.1) is 0 Å². The third-order valence-corrected chi connectivity index (χ3v) is 3.83. The van der Waals surface area contributed by atoms with Crippen LogP contribution in [0.15, 0.2) is 29.4 Å². The molecule has 116 valence electrons. The Labute approximate surface area is 131 Å². The molecular formula is C16H23ClN2O2. The van der Waals surface area contributed by atoms with Crippen molar-refractivity contribution in [2.45, 2.75) is 45.4 Å². The minimum atomic E-state index is -0.342. The summed E-state index contributed by atoms with van der Waals surface area (Å²) in [6, 6.07) is 8.01. The highest BCUT2D eigenvalue weighted by Gasteiger charge is 2.26. The lowest BCUT2D eigenvalue weighted by molar-refractivity contribution is 0.0269. The van der Waals surface area contributed by atoms with Crippen molar-refractivity contribution in [2.75, 3.05) is 13.1 Å². The second-order valence-electron chi connectivity index (χ2n) is 5.87. The van der Waals surface area contributed by atoms with Crippen LogP contribution in [0, 0.1) is 0 Å². The summed E-state index contributed by atoms with van der Waals surface area (Å²) in [7, 11) is 0. The smallest absolute Gasteiger partial charge is 0.145 e.